The number of hydrogen-bond acceptors (Lipinski definition) is 9. The Labute approximate surface area is 248 Å². The molecule has 0 spiro atoms. The summed E-state index contributed by atoms with van der Waals surface area (Å²) in [5, 5.41) is 3.48. The Balaban J connectivity index is 1.41. The molecule has 3 aromatic carbocycles. The molecular formula is C31H30N2O8S. The summed E-state index contributed by atoms with van der Waals surface area (Å²) < 4.78 is 29.0. The van der Waals surface area contributed by atoms with E-state index in [2.05, 4.69) is 5.32 Å². The van der Waals surface area contributed by atoms with Gasteiger partial charge in [0.15, 0.2) is 23.5 Å². The molecule has 0 unspecified atom stereocenters. The van der Waals surface area contributed by atoms with Gasteiger partial charge in [0, 0.05) is 13.1 Å². The quantitative estimate of drug-likeness (QED) is 0.237. The molecule has 0 saturated carbocycles. The van der Waals surface area contributed by atoms with Crippen molar-refractivity contribution in [2.24, 2.45) is 0 Å². The topological polar surface area (TPSA) is 113 Å². The highest BCUT2D eigenvalue weighted by atomic mass is 32.1. The summed E-state index contributed by atoms with van der Waals surface area (Å²) in [6.45, 7) is 1.88. The van der Waals surface area contributed by atoms with E-state index >= 15 is 0 Å². The molecule has 0 radical (unpaired) electrons. The third-order valence-corrected chi connectivity index (χ3v) is 7.14. The van der Waals surface area contributed by atoms with Gasteiger partial charge in [-0.15, -0.1) is 0 Å². The molecule has 0 amide bonds. The van der Waals surface area contributed by atoms with Crippen LogP contribution in [0.1, 0.15) is 31.1 Å². The summed E-state index contributed by atoms with van der Waals surface area (Å²) in [5.41, 5.74) is 0.952. The first-order valence-electron chi connectivity index (χ1n) is 13.5. The number of carbonyl (C=O) groups is 3. The lowest BCUT2D eigenvalue weighted by molar-refractivity contribution is -0.0459. The highest BCUT2D eigenvalue weighted by Gasteiger charge is 2.51. The van der Waals surface area contributed by atoms with Gasteiger partial charge in [0.25, 0.3) is 0 Å². The summed E-state index contributed by atoms with van der Waals surface area (Å²) in [6.07, 6.45) is -4.27. The van der Waals surface area contributed by atoms with Gasteiger partial charge in [-0.1, -0.05) is 54.6 Å². The zero-order valence-electron chi connectivity index (χ0n) is 22.6. The van der Waals surface area contributed by atoms with Gasteiger partial charge < -0.3 is 33.9 Å². The molecule has 10 nitrogen and oxygen atoms in total. The molecule has 42 heavy (non-hydrogen) atoms. The number of carbonyl (C=O) groups excluding carboxylic acids is 3. The number of ether oxygens (including phenoxy) is 5. The molecule has 2 aliphatic rings. The van der Waals surface area contributed by atoms with E-state index in [0.29, 0.717) is 48.1 Å². The van der Waals surface area contributed by atoms with Crippen molar-refractivity contribution in [3.8, 4) is 0 Å². The highest BCUT2D eigenvalue weighted by molar-refractivity contribution is 7.80. The number of benzene rings is 3. The number of thiocarbonyl (C=S) groups is 1. The van der Waals surface area contributed by atoms with Crippen LogP contribution < -0.4 is 5.32 Å². The van der Waals surface area contributed by atoms with Gasteiger partial charge in [-0.25, -0.2) is 14.4 Å². The van der Waals surface area contributed by atoms with Crippen molar-refractivity contribution in [3.63, 3.8) is 0 Å². The van der Waals surface area contributed by atoms with Crippen LogP contribution in [0.5, 0.6) is 0 Å². The maximum absolute atomic E-state index is 13.2. The van der Waals surface area contributed by atoms with E-state index in [9.17, 15) is 14.4 Å². The van der Waals surface area contributed by atoms with E-state index in [-0.39, 0.29) is 6.61 Å². The molecule has 2 fully saturated rings. The summed E-state index contributed by atoms with van der Waals surface area (Å²) in [7, 11) is 0. The fraction of sp³-hybridized carbons (Fsp3) is 0.290. The van der Waals surface area contributed by atoms with Crippen LogP contribution in [0, 0.1) is 0 Å². The van der Waals surface area contributed by atoms with Gasteiger partial charge in [0.05, 0.1) is 29.9 Å². The van der Waals surface area contributed by atoms with E-state index in [0.717, 1.165) is 0 Å². The third kappa shape index (κ3) is 7.30. The van der Waals surface area contributed by atoms with Gasteiger partial charge in [0.2, 0.25) is 0 Å². The fourth-order valence-electron chi connectivity index (χ4n) is 4.58. The van der Waals surface area contributed by atoms with E-state index < -0.39 is 42.4 Å². The summed E-state index contributed by atoms with van der Waals surface area (Å²) in [4.78, 5) is 41.0. The van der Waals surface area contributed by atoms with Crippen LogP contribution in [0.4, 0.5) is 0 Å². The van der Waals surface area contributed by atoms with Crippen molar-refractivity contribution >= 4 is 35.2 Å². The van der Waals surface area contributed by atoms with Gasteiger partial charge in [0.1, 0.15) is 12.7 Å². The van der Waals surface area contributed by atoms with Crippen molar-refractivity contribution < 1.29 is 38.1 Å². The molecule has 2 heterocycles. The Morgan fingerprint density at radius 3 is 1.74 bits per heavy atom. The lowest BCUT2D eigenvalue weighted by Crippen LogP contribution is -2.53. The van der Waals surface area contributed by atoms with Crippen LogP contribution in [0.25, 0.3) is 0 Å². The first-order chi connectivity index (χ1) is 20.5. The molecule has 2 aliphatic heterocycles. The van der Waals surface area contributed by atoms with Crippen molar-refractivity contribution in [2.45, 2.75) is 24.5 Å². The first-order valence-corrected chi connectivity index (χ1v) is 13.9. The second-order valence-electron chi connectivity index (χ2n) is 9.58. The second kappa shape index (κ2) is 14.0. The van der Waals surface area contributed by atoms with Crippen LogP contribution in [-0.2, 0) is 23.7 Å². The predicted molar refractivity (Wildman–Crippen MR) is 155 cm³/mol. The average Bonchev–Trinajstić information content (AvgIpc) is 3.35. The average molecular weight is 591 g/mol. The van der Waals surface area contributed by atoms with E-state index in [1.165, 1.54) is 0 Å². The number of nitrogens with zero attached hydrogens (tertiary/aromatic N) is 1. The lowest BCUT2D eigenvalue weighted by Gasteiger charge is -2.32. The maximum Gasteiger partial charge on any atom is 0.338 e. The molecule has 0 bridgehead atoms. The van der Waals surface area contributed by atoms with Crippen molar-refractivity contribution in [2.75, 3.05) is 32.9 Å². The molecule has 4 atom stereocenters. The zero-order chi connectivity index (χ0) is 29.3. The minimum absolute atomic E-state index is 0.275. The normalized spacial score (nSPS) is 21.7. The van der Waals surface area contributed by atoms with Gasteiger partial charge >= 0.3 is 17.9 Å². The first kappa shape index (κ1) is 29.2. The maximum atomic E-state index is 13.2. The highest BCUT2D eigenvalue weighted by Crippen LogP contribution is 2.28. The Morgan fingerprint density at radius 2 is 1.21 bits per heavy atom. The van der Waals surface area contributed by atoms with Crippen LogP contribution in [0.3, 0.4) is 0 Å². The number of rotatable bonds is 8. The zero-order valence-corrected chi connectivity index (χ0v) is 23.4. The Bertz CT molecular complexity index is 1370. The predicted octanol–water partition coefficient (Wildman–Crippen LogP) is 3.23. The van der Waals surface area contributed by atoms with Crippen LogP contribution >= 0.6 is 12.2 Å². The van der Waals surface area contributed by atoms with Gasteiger partial charge in [-0.05, 0) is 48.6 Å². The second-order valence-corrected chi connectivity index (χ2v) is 9.97. The third-order valence-electron chi connectivity index (χ3n) is 6.77. The number of hydrogen-bond donors (Lipinski definition) is 1. The molecule has 1 N–H and O–H groups in total. The van der Waals surface area contributed by atoms with Crippen molar-refractivity contribution in [3.05, 3.63) is 108 Å². The minimum Gasteiger partial charge on any atom is -0.459 e. The van der Waals surface area contributed by atoms with E-state index in [4.69, 9.17) is 35.9 Å². The SMILES string of the molecule is O=C(OC[C@H]1O[C@@H](NC(=S)N2CCOCC2)[C@H](OC(=O)c2ccccc2)[C@@H]1OC(=O)c1ccccc1)c1ccccc1. The number of morpholine rings is 1. The largest absolute Gasteiger partial charge is 0.459 e. The summed E-state index contributed by atoms with van der Waals surface area (Å²) in [5.74, 6) is -1.87. The molecule has 11 heteroatoms. The molecular weight excluding hydrogens is 560 g/mol. The molecule has 3 aromatic rings. The van der Waals surface area contributed by atoms with Crippen molar-refractivity contribution in [1.29, 1.82) is 0 Å². The number of nitrogens with one attached hydrogen (secondary N) is 1. The Kier molecular flexibility index (Phi) is 9.75. The molecule has 0 aliphatic carbocycles. The molecule has 0 aromatic heterocycles. The smallest absolute Gasteiger partial charge is 0.338 e. The molecule has 5 rings (SSSR count). The van der Waals surface area contributed by atoms with Gasteiger partial charge in [-0.2, -0.15) is 0 Å². The lowest BCUT2D eigenvalue weighted by atomic mass is 10.1. The Morgan fingerprint density at radius 1 is 0.738 bits per heavy atom. The van der Waals surface area contributed by atoms with Crippen LogP contribution in [0.2, 0.25) is 0 Å². The number of esters is 3. The summed E-state index contributed by atoms with van der Waals surface area (Å²) >= 11 is 5.63. The fourth-order valence-corrected chi connectivity index (χ4v) is 4.87. The van der Waals surface area contributed by atoms with E-state index in [1.807, 2.05) is 4.90 Å². The minimum atomic E-state index is -1.14. The van der Waals surface area contributed by atoms with Crippen LogP contribution in [0.15, 0.2) is 91.0 Å². The van der Waals surface area contributed by atoms with Crippen molar-refractivity contribution in [1.82, 2.24) is 10.2 Å². The monoisotopic (exact) mass is 590 g/mol. The summed E-state index contributed by atoms with van der Waals surface area (Å²) in [6, 6.07) is 25.3. The standard InChI is InChI=1S/C31H30N2O8S/c34-28(21-10-4-1-5-11-21)38-20-24-25(40-29(35)22-12-6-2-7-13-22)26(41-30(36)23-14-8-3-9-15-23)27(39-24)32-31(42)33-16-18-37-19-17-33/h1-15,24-27H,16-20H2,(H,32,42)/t24-,25-,26-,27-/m1/s1. The molecule has 2 saturated heterocycles. The van der Waals surface area contributed by atoms with Crippen LogP contribution in [-0.4, -0.2) is 85.4 Å². The van der Waals surface area contributed by atoms with E-state index in [1.54, 1.807) is 91.0 Å². The Hall–Kier alpha value is -4.32. The molecule has 218 valence electrons. The van der Waals surface area contributed by atoms with Gasteiger partial charge in [-0.3, -0.25) is 0 Å².